The highest BCUT2D eigenvalue weighted by Crippen LogP contribution is 2.34. The minimum atomic E-state index is -0.792. The second kappa shape index (κ2) is 8.79. The molecule has 0 bridgehead atoms. The number of rotatable bonds is 6. The molecule has 1 unspecified atom stereocenters. The van der Waals surface area contributed by atoms with Gasteiger partial charge in [-0.3, -0.25) is 9.59 Å². The summed E-state index contributed by atoms with van der Waals surface area (Å²) in [4.78, 5) is 24.9. The maximum Gasteiger partial charge on any atom is 0.313 e. The van der Waals surface area contributed by atoms with E-state index in [4.69, 9.17) is 9.47 Å². The lowest BCUT2D eigenvalue weighted by Crippen LogP contribution is -2.36. The van der Waals surface area contributed by atoms with E-state index in [2.05, 4.69) is 10.6 Å². The molecule has 7 nitrogen and oxygen atoms in total. The van der Waals surface area contributed by atoms with Gasteiger partial charge in [0.1, 0.15) is 0 Å². The van der Waals surface area contributed by atoms with E-state index in [1.54, 1.807) is 30.3 Å². The molecule has 1 aliphatic rings. The summed E-state index contributed by atoms with van der Waals surface area (Å²) in [7, 11) is 0. The van der Waals surface area contributed by atoms with Crippen LogP contribution in [0.5, 0.6) is 11.5 Å². The molecule has 0 saturated heterocycles. The molecule has 0 spiro atoms. The van der Waals surface area contributed by atoms with Gasteiger partial charge in [0.2, 0.25) is 6.79 Å². The molecule has 3 N–H and O–H groups in total. The van der Waals surface area contributed by atoms with E-state index in [9.17, 15) is 14.7 Å². The largest absolute Gasteiger partial charge is 0.454 e. The average Bonchev–Trinajstić information content (AvgIpc) is 3.16. The first-order chi connectivity index (χ1) is 13.1. The summed E-state index contributed by atoms with van der Waals surface area (Å²) < 4.78 is 10.5. The molecule has 142 valence electrons. The molecule has 2 amide bonds. The van der Waals surface area contributed by atoms with Gasteiger partial charge in [-0.15, -0.1) is 11.8 Å². The Balaban J connectivity index is 1.48. The van der Waals surface area contributed by atoms with Crippen molar-refractivity contribution in [1.29, 1.82) is 0 Å². The lowest BCUT2D eigenvalue weighted by Gasteiger charge is -2.13. The monoisotopic (exact) mass is 388 g/mol. The smallest absolute Gasteiger partial charge is 0.313 e. The van der Waals surface area contributed by atoms with Crippen molar-refractivity contribution in [3.63, 3.8) is 0 Å². The Kier molecular flexibility index (Phi) is 6.20. The van der Waals surface area contributed by atoms with Crippen LogP contribution in [0.3, 0.4) is 0 Å². The maximum absolute atomic E-state index is 12.0. The van der Waals surface area contributed by atoms with Gasteiger partial charge >= 0.3 is 11.8 Å². The Morgan fingerprint density at radius 3 is 2.74 bits per heavy atom. The molecule has 0 fully saturated rings. The highest BCUT2D eigenvalue weighted by molar-refractivity contribution is 7.98. The number of hydrogen-bond donors (Lipinski definition) is 3. The van der Waals surface area contributed by atoms with Crippen LogP contribution in [0.15, 0.2) is 47.4 Å². The van der Waals surface area contributed by atoms with Crippen LogP contribution in [0.4, 0.5) is 5.69 Å². The van der Waals surface area contributed by atoms with E-state index >= 15 is 0 Å². The summed E-state index contributed by atoms with van der Waals surface area (Å²) in [5, 5.41) is 15.4. The van der Waals surface area contributed by atoms with E-state index in [1.165, 1.54) is 11.8 Å². The van der Waals surface area contributed by atoms with Crippen LogP contribution in [0.25, 0.3) is 0 Å². The number of carbonyl (C=O) groups is 2. The van der Waals surface area contributed by atoms with Gasteiger partial charge in [0.05, 0.1) is 11.8 Å². The first kappa shape index (κ1) is 19.1. The predicted molar refractivity (Wildman–Crippen MR) is 102 cm³/mol. The van der Waals surface area contributed by atoms with Gasteiger partial charge in [0.25, 0.3) is 0 Å². The van der Waals surface area contributed by atoms with Crippen molar-refractivity contribution in [3.05, 3.63) is 48.0 Å². The number of hydrogen-bond acceptors (Lipinski definition) is 6. The van der Waals surface area contributed by atoms with Crippen LogP contribution < -0.4 is 20.1 Å². The quantitative estimate of drug-likeness (QED) is 0.519. The topological polar surface area (TPSA) is 96.9 Å². The van der Waals surface area contributed by atoms with Crippen LogP contribution in [0, 0.1) is 0 Å². The fraction of sp³-hybridized carbons (Fsp3) is 0.263. The Labute approximate surface area is 161 Å². The molecule has 2 aromatic carbocycles. The summed E-state index contributed by atoms with van der Waals surface area (Å²) >= 11 is 1.48. The molecule has 0 aromatic heterocycles. The van der Waals surface area contributed by atoms with E-state index in [0.717, 1.165) is 4.90 Å². The molecular formula is C19H20N2O5S. The van der Waals surface area contributed by atoms with Gasteiger partial charge in [-0.1, -0.05) is 18.2 Å². The van der Waals surface area contributed by atoms with Gasteiger partial charge in [0.15, 0.2) is 11.5 Å². The Morgan fingerprint density at radius 1 is 1.15 bits per heavy atom. The highest BCUT2D eigenvalue weighted by atomic mass is 32.2. The fourth-order valence-corrected chi connectivity index (χ4v) is 3.17. The molecule has 27 heavy (non-hydrogen) atoms. The molecular weight excluding hydrogens is 368 g/mol. The van der Waals surface area contributed by atoms with E-state index in [-0.39, 0.29) is 19.8 Å². The van der Waals surface area contributed by atoms with Gasteiger partial charge in [-0.05, 0) is 42.5 Å². The van der Waals surface area contributed by atoms with Crippen LogP contribution >= 0.6 is 11.8 Å². The number of carbonyl (C=O) groups excluding carboxylic acids is 2. The zero-order valence-electron chi connectivity index (χ0n) is 14.7. The zero-order chi connectivity index (χ0) is 19.2. The summed E-state index contributed by atoms with van der Waals surface area (Å²) in [5.74, 6) is -0.262. The molecule has 1 heterocycles. The van der Waals surface area contributed by atoms with Gasteiger partial charge < -0.3 is 25.2 Å². The summed E-state index contributed by atoms with van der Waals surface area (Å²) in [5.41, 5.74) is 1.25. The number of amides is 2. The van der Waals surface area contributed by atoms with Crippen molar-refractivity contribution >= 4 is 29.3 Å². The summed E-state index contributed by atoms with van der Waals surface area (Å²) in [6.45, 7) is 0.325. The molecule has 2 aromatic rings. The van der Waals surface area contributed by atoms with Crippen LogP contribution in [0.1, 0.15) is 18.1 Å². The van der Waals surface area contributed by atoms with E-state index in [0.29, 0.717) is 22.7 Å². The van der Waals surface area contributed by atoms with Crippen molar-refractivity contribution in [2.75, 3.05) is 24.9 Å². The SMILES string of the molecule is CSc1ccccc1NC(=O)C(=O)NCCC(O)c1ccc2c(c1)OCO2. The van der Waals surface area contributed by atoms with Crippen LogP contribution in [0.2, 0.25) is 0 Å². The number of fused-ring (bicyclic) bond motifs is 1. The minimum Gasteiger partial charge on any atom is -0.454 e. The van der Waals surface area contributed by atoms with Crippen LogP contribution in [-0.4, -0.2) is 36.5 Å². The average molecular weight is 388 g/mol. The second-order valence-corrected chi connectivity index (χ2v) is 6.68. The first-order valence-electron chi connectivity index (χ1n) is 8.38. The molecule has 0 saturated carbocycles. The van der Waals surface area contributed by atoms with E-state index < -0.39 is 17.9 Å². The third-order valence-electron chi connectivity index (χ3n) is 4.05. The molecule has 1 aliphatic heterocycles. The number of anilines is 1. The van der Waals surface area contributed by atoms with Crippen molar-refractivity contribution in [1.82, 2.24) is 5.32 Å². The van der Waals surface area contributed by atoms with Crippen molar-refractivity contribution in [3.8, 4) is 11.5 Å². The van der Waals surface area contributed by atoms with Crippen molar-refractivity contribution in [2.45, 2.75) is 17.4 Å². The zero-order valence-corrected chi connectivity index (χ0v) is 15.5. The lowest BCUT2D eigenvalue weighted by molar-refractivity contribution is -0.136. The minimum absolute atomic E-state index is 0.159. The number of para-hydroxylation sites is 1. The van der Waals surface area contributed by atoms with Gasteiger partial charge in [-0.2, -0.15) is 0 Å². The lowest BCUT2D eigenvalue weighted by atomic mass is 10.1. The number of aliphatic hydroxyl groups excluding tert-OH is 1. The normalized spacial score (nSPS) is 13.1. The molecule has 0 aliphatic carbocycles. The third kappa shape index (κ3) is 4.72. The molecule has 8 heteroatoms. The van der Waals surface area contributed by atoms with Crippen LogP contribution in [-0.2, 0) is 9.59 Å². The fourth-order valence-electron chi connectivity index (χ4n) is 2.62. The van der Waals surface area contributed by atoms with Gasteiger partial charge in [0, 0.05) is 11.4 Å². The highest BCUT2D eigenvalue weighted by Gasteiger charge is 2.18. The third-order valence-corrected chi connectivity index (χ3v) is 4.84. The standard InChI is InChI=1S/C19H20N2O5S/c1-27-17-5-3-2-4-13(17)21-19(24)18(23)20-9-8-14(22)12-6-7-15-16(10-12)26-11-25-15/h2-7,10,14,22H,8-9,11H2,1H3,(H,20,23)(H,21,24). The number of thioether (sulfide) groups is 1. The number of benzene rings is 2. The maximum atomic E-state index is 12.0. The Bertz CT molecular complexity index is 843. The number of aliphatic hydroxyl groups is 1. The number of nitrogens with one attached hydrogen (secondary N) is 2. The summed E-state index contributed by atoms with van der Waals surface area (Å²) in [6, 6.07) is 12.4. The summed E-state index contributed by atoms with van der Waals surface area (Å²) in [6.07, 6.45) is 1.36. The number of ether oxygens (including phenoxy) is 2. The van der Waals surface area contributed by atoms with E-state index in [1.807, 2.05) is 18.4 Å². The van der Waals surface area contributed by atoms with Crippen molar-refractivity contribution in [2.24, 2.45) is 0 Å². The Hall–Kier alpha value is -2.71. The van der Waals surface area contributed by atoms with Crippen molar-refractivity contribution < 1.29 is 24.2 Å². The first-order valence-corrected chi connectivity index (χ1v) is 9.61. The molecule has 3 rings (SSSR count). The molecule has 0 radical (unpaired) electrons. The second-order valence-electron chi connectivity index (χ2n) is 5.83. The predicted octanol–water partition coefficient (Wildman–Crippen LogP) is 2.32. The van der Waals surface area contributed by atoms with Gasteiger partial charge in [-0.25, -0.2) is 0 Å². The molecule has 1 atom stereocenters. The Morgan fingerprint density at radius 2 is 1.93 bits per heavy atom.